The average Bonchev–Trinajstić information content (AvgIpc) is 1.58. The molecule has 522 valence electrons. The lowest BCUT2D eigenvalue weighted by Gasteiger charge is -2.34. The summed E-state index contributed by atoms with van der Waals surface area (Å²) in [4.78, 5) is 4.73. The molecule has 5 heteroatoms. The molecular formula is C92H128N4S. The third kappa shape index (κ3) is 17.4. The fourth-order valence-corrected chi connectivity index (χ4v) is 18.4. The molecule has 8 aromatic rings. The Morgan fingerprint density at radius 2 is 0.557 bits per heavy atom. The SMILES string of the molecule is C.CCCCCCCCC1(CCCCCCCC)c2cc(C)ccc2-c2ccc(-c3ccc(C)c4nsnc34)cc21.CCCCCCCCC1(CCCCCCCC)c2cc(C)ccc2-c2ccc(-c3ccc4c(c3)C(CCCN(C)C)(CCCN(C)C)c3cc(C)ccc3-4)cc21. The van der Waals surface area contributed by atoms with Crippen molar-refractivity contribution in [1.29, 1.82) is 0 Å². The van der Waals surface area contributed by atoms with Crippen LogP contribution >= 0.6 is 11.7 Å². The molecule has 3 aliphatic carbocycles. The molecule has 0 fully saturated rings. The van der Waals surface area contributed by atoms with Crippen LogP contribution in [0.25, 0.3) is 66.7 Å². The molecule has 0 spiro atoms. The largest absolute Gasteiger partial charge is 0.309 e. The lowest BCUT2D eigenvalue weighted by Crippen LogP contribution is -2.29. The van der Waals surface area contributed by atoms with Crippen molar-refractivity contribution < 1.29 is 0 Å². The molecule has 3 aliphatic rings. The maximum atomic E-state index is 4.74. The Balaban J connectivity index is 0.000000237. The monoisotopic (exact) mass is 1320 g/mol. The van der Waals surface area contributed by atoms with Gasteiger partial charge in [-0.3, -0.25) is 0 Å². The normalized spacial score (nSPS) is 14.1. The second kappa shape index (κ2) is 36.1. The molecule has 0 N–H and O–H groups in total. The van der Waals surface area contributed by atoms with Crippen molar-refractivity contribution >= 4 is 22.8 Å². The zero-order valence-corrected chi connectivity index (χ0v) is 63.1. The Hall–Kier alpha value is -5.72. The highest BCUT2D eigenvalue weighted by Gasteiger charge is 2.46. The van der Waals surface area contributed by atoms with Gasteiger partial charge in [0.2, 0.25) is 0 Å². The summed E-state index contributed by atoms with van der Waals surface area (Å²) < 4.78 is 9.36. The Morgan fingerprint density at radius 3 is 0.897 bits per heavy atom. The molecule has 0 unspecified atom stereocenters. The summed E-state index contributed by atoms with van der Waals surface area (Å²) in [5.74, 6) is 0. The van der Waals surface area contributed by atoms with Crippen LogP contribution in [-0.2, 0) is 16.2 Å². The van der Waals surface area contributed by atoms with Crippen LogP contribution in [0, 0.1) is 27.7 Å². The van der Waals surface area contributed by atoms with Gasteiger partial charge in [0.25, 0.3) is 0 Å². The molecule has 1 heterocycles. The smallest absolute Gasteiger partial charge is 0.112 e. The molecule has 11 rings (SSSR count). The van der Waals surface area contributed by atoms with Crippen molar-refractivity contribution in [3.8, 4) is 55.6 Å². The Morgan fingerprint density at radius 1 is 0.289 bits per heavy atom. The highest BCUT2D eigenvalue weighted by atomic mass is 32.1. The zero-order chi connectivity index (χ0) is 67.7. The van der Waals surface area contributed by atoms with E-state index in [2.05, 4.69) is 219 Å². The lowest BCUT2D eigenvalue weighted by atomic mass is 9.69. The molecule has 0 amide bonds. The van der Waals surface area contributed by atoms with E-state index in [4.69, 9.17) is 4.37 Å². The number of unbranched alkanes of at least 4 members (excludes halogenated alkanes) is 20. The summed E-state index contributed by atoms with van der Waals surface area (Å²) in [7, 11) is 8.90. The number of rotatable bonds is 38. The van der Waals surface area contributed by atoms with Gasteiger partial charge in [-0.1, -0.05) is 309 Å². The van der Waals surface area contributed by atoms with Crippen LogP contribution in [0.3, 0.4) is 0 Å². The second-order valence-corrected chi connectivity index (χ2v) is 31.5. The molecule has 0 saturated heterocycles. The van der Waals surface area contributed by atoms with Gasteiger partial charge in [0.1, 0.15) is 11.0 Å². The highest BCUT2D eigenvalue weighted by Crippen LogP contribution is 2.59. The summed E-state index contributed by atoms with van der Waals surface area (Å²) in [6, 6.07) is 48.9. The first-order chi connectivity index (χ1) is 46.7. The van der Waals surface area contributed by atoms with Crippen molar-refractivity contribution in [1.82, 2.24) is 18.5 Å². The Labute approximate surface area is 596 Å². The molecule has 0 saturated carbocycles. The Bertz CT molecular complexity index is 3730. The molecule has 0 atom stereocenters. The third-order valence-corrected chi connectivity index (χ3v) is 23.6. The summed E-state index contributed by atoms with van der Waals surface area (Å²) >= 11 is 1.33. The zero-order valence-electron chi connectivity index (χ0n) is 62.3. The second-order valence-electron chi connectivity index (χ2n) is 31.0. The van der Waals surface area contributed by atoms with E-state index in [1.807, 2.05) is 0 Å². The van der Waals surface area contributed by atoms with Gasteiger partial charge in [-0.15, -0.1) is 0 Å². The van der Waals surface area contributed by atoms with E-state index < -0.39 is 0 Å². The van der Waals surface area contributed by atoms with Crippen LogP contribution < -0.4 is 0 Å². The van der Waals surface area contributed by atoms with E-state index in [0.29, 0.717) is 0 Å². The van der Waals surface area contributed by atoms with Crippen LogP contribution in [0.5, 0.6) is 0 Å². The van der Waals surface area contributed by atoms with Crippen LogP contribution in [0.4, 0.5) is 0 Å². The molecule has 4 nitrogen and oxygen atoms in total. The van der Waals surface area contributed by atoms with E-state index in [1.54, 1.807) is 33.4 Å². The molecule has 0 bridgehead atoms. The van der Waals surface area contributed by atoms with Crippen molar-refractivity contribution in [3.63, 3.8) is 0 Å². The maximum Gasteiger partial charge on any atom is 0.112 e. The van der Waals surface area contributed by atoms with Gasteiger partial charge < -0.3 is 9.80 Å². The van der Waals surface area contributed by atoms with Gasteiger partial charge in [0.05, 0.1) is 11.7 Å². The molecule has 0 aliphatic heterocycles. The van der Waals surface area contributed by atoms with Crippen molar-refractivity contribution in [3.05, 3.63) is 177 Å². The standard InChI is InChI=1S/C54H76N2.C37H48N2S.CH4/c1-9-11-13-15-17-19-31-53(32-20-18-16-14-12-10-2)49-37-41(3)23-27-45(49)47-29-25-43(39-51(47)53)44-26-30-48-46-28-24-42(4)38-50(46)54(52(48)40-44,33-21-35-55(5)6)34-22-36-56(7)8;1-5-7-9-11-13-15-23-37(24-16-14-12-10-8-6-2)33-25-27(3)17-20-31(33)32-22-19-29(26-34(32)37)30-21-18-28(4)35-36(30)39-40-38-35;/h23-30,37-40H,9-22,31-36H2,1-8H3;17-22,25-26H,5-16,23-24H2,1-4H3;1H4. The van der Waals surface area contributed by atoms with E-state index in [0.717, 1.165) is 24.1 Å². The molecule has 97 heavy (non-hydrogen) atoms. The van der Waals surface area contributed by atoms with Gasteiger partial charge in [-0.05, 0) is 228 Å². The highest BCUT2D eigenvalue weighted by molar-refractivity contribution is 7.00. The van der Waals surface area contributed by atoms with Gasteiger partial charge in [-0.25, -0.2) is 0 Å². The first-order valence-electron chi connectivity index (χ1n) is 39.0. The summed E-state index contributed by atoms with van der Waals surface area (Å²) in [6.07, 6.45) is 42.1. The lowest BCUT2D eigenvalue weighted by molar-refractivity contribution is 0.328. The summed E-state index contributed by atoms with van der Waals surface area (Å²) in [5, 5.41) is 0. The summed E-state index contributed by atoms with van der Waals surface area (Å²) in [6.45, 7) is 20.5. The average molecular weight is 1320 g/mol. The van der Waals surface area contributed by atoms with E-state index in [-0.39, 0.29) is 23.7 Å². The van der Waals surface area contributed by atoms with Crippen LogP contribution in [0.2, 0.25) is 0 Å². The van der Waals surface area contributed by atoms with Crippen LogP contribution in [0.1, 0.15) is 296 Å². The maximum absolute atomic E-state index is 4.74. The number of hydrogen-bond donors (Lipinski definition) is 0. The predicted octanol–water partition coefficient (Wildman–Crippen LogP) is 27.1. The molecule has 0 radical (unpaired) electrons. The number of hydrogen-bond acceptors (Lipinski definition) is 5. The topological polar surface area (TPSA) is 32.3 Å². The van der Waals surface area contributed by atoms with Crippen LogP contribution in [0.15, 0.2) is 121 Å². The fourth-order valence-electron chi connectivity index (χ4n) is 17.8. The minimum absolute atomic E-state index is 0. The predicted molar refractivity (Wildman–Crippen MR) is 427 cm³/mol. The quantitative estimate of drug-likeness (QED) is 0.0361. The van der Waals surface area contributed by atoms with Crippen molar-refractivity contribution in [2.75, 3.05) is 41.3 Å². The van der Waals surface area contributed by atoms with Gasteiger partial charge in [0, 0.05) is 21.8 Å². The first-order valence-corrected chi connectivity index (χ1v) is 39.8. The van der Waals surface area contributed by atoms with Crippen molar-refractivity contribution in [2.45, 2.75) is 285 Å². The number of aromatic nitrogens is 2. The minimum atomic E-state index is 0. The third-order valence-electron chi connectivity index (χ3n) is 23.1. The fraction of sp³-hybridized carbons (Fsp3) is 0.543. The van der Waals surface area contributed by atoms with Crippen molar-refractivity contribution in [2.24, 2.45) is 0 Å². The minimum Gasteiger partial charge on any atom is -0.309 e. The molecular weight excluding hydrogens is 1190 g/mol. The van der Waals surface area contributed by atoms with Gasteiger partial charge >= 0.3 is 0 Å². The van der Waals surface area contributed by atoms with Crippen LogP contribution in [-0.4, -0.2) is 59.8 Å². The van der Waals surface area contributed by atoms with Gasteiger partial charge in [-0.2, -0.15) is 8.75 Å². The van der Waals surface area contributed by atoms with E-state index in [1.165, 1.54) is 295 Å². The molecule has 7 aromatic carbocycles. The molecule has 1 aromatic heterocycles. The number of fused-ring (bicyclic) bond motifs is 10. The van der Waals surface area contributed by atoms with E-state index in [9.17, 15) is 0 Å². The summed E-state index contributed by atoms with van der Waals surface area (Å²) in [5.41, 5.74) is 31.3. The Kier molecular flexibility index (Phi) is 28.1. The van der Waals surface area contributed by atoms with E-state index >= 15 is 0 Å². The van der Waals surface area contributed by atoms with Gasteiger partial charge in [0.15, 0.2) is 0 Å². The first kappa shape index (κ1) is 75.5. The number of benzene rings is 7. The number of nitrogens with zero attached hydrogens (tertiary/aromatic N) is 4. The number of aryl methyl sites for hydroxylation is 4.